The Morgan fingerprint density at radius 1 is 0.955 bits per heavy atom. The molecule has 0 atom stereocenters. The van der Waals surface area contributed by atoms with E-state index in [9.17, 15) is 4.79 Å². The first-order valence-electron chi connectivity index (χ1n) is 8.53. The van der Waals surface area contributed by atoms with Crippen LogP contribution in [0.3, 0.4) is 0 Å². The molecule has 0 unspecified atom stereocenters. The Bertz CT molecular complexity index is 645. The van der Waals surface area contributed by atoms with Gasteiger partial charge in [0.15, 0.2) is 0 Å². The topological polar surface area (TPSA) is 56.2 Å². The fourth-order valence-electron chi connectivity index (χ4n) is 2.81. The van der Waals surface area contributed by atoms with Gasteiger partial charge in [0.2, 0.25) is 0 Å². The minimum atomic E-state index is -0.455. The summed E-state index contributed by atoms with van der Waals surface area (Å²) in [6.07, 6.45) is 11.7. The van der Waals surface area contributed by atoms with Gasteiger partial charge in [-0.15, -0.1) is 0 Å². The summed E-state index contributed by atoms with van der Waals surface area (Å²) in [6, 6.07) is 7.70. The van der Waals surface area contributed by atoms with Crippen LogP contribution in [0, 0.1) is 0 Å². The van der Waals surface area contributed by atoms with Crippen molar-refractivity contribution in [3.63, 3.8) is 0 Å². The van der Waals surface area contributed by atoms with Gasteiger partial charge in [0.1, 0.15) is 11.3 Å². The first kappa shape index (κ1) is 16.6. The zero-order valence-corrected chi connectivity index (χ0v) is 13.6. The maximum Gasteiger partial charge on any atom is 0.359 e. The van der Waals surface area contributed by atoms with Gasteiger partial charge in [-0.2, -0.15) is 0 Å². The zero-order valence-electron chi connectivity index (χ0n) is 13.6. The molecule has 1 aromatic carbocycles. The van der Waals surface area contributed by atoms with Gasteiger partial charge in [0.05, 0.1) is 0 Å². The van der Waals surface area contributed by atoms with E-state index in [1.807, 2.05) is 12.1 Å². The average molecular weight is 301 g/mol. The normalized spacial score (nSPS) is 11.1. The molecule has 1 aromatic heterocycles. The Hall–Kier alpha value is -1.77. The Morgan fingerprint density at radius 2 is 1.64 bits per heavy atom. The van der Waals surface area contributed by atoms with Gasteiger partial charge in [0.25, 0.3) is 0 Å². The number of aryl methyl sites for hydroxylation is 1. The maximum atomic E-state index is 11.4. The molecule has 1 heterocycles. The highest BCUT2D eigenvalue weighted by Gasteiger charge is 2.03. The third-order valence-electron chi connectivity index (χ3n) is 4.14. The van der Waals surface area contributed by atoms with Crippen molar-refractivity contribution in [2.45, 2.75) is 64.7 Å². The number of fused-ring (bicyclic) bond motifs is 1. The van der Waals surface area contributed by atoms with E-state index in [2.05, 4.69) is 13.0 Å². The maximum absolute atomic E-state index is 11.4. The highest BCUT2D eigenvalue weighted by atomic mass is 16.4. The molecule has 22 heavy (non-hydrogen) atoms. The largest absolute Gasteiger partial charge is 0.421 e. The van der Waals surface area contributed by atoms with E-state index < -0.39 is 5.63 Å². The predicted octanol–water partition coefficient (Wildman–Crippen LogP) is 5.06. The molecule has 0 aliphatic carbocycles. The van der Waals surface area contributed by atoms with E-state index in [0.29, 0.717) is 5.58 Å². The lowest BCUT2D eigenvalue weighted by molar-refractivity contribution is 0.563. The number of rotatable bonds is 9. The number of unbranched alkanes of at least 4 members (excludes halogenated alkanes) is 7. The van der Waals surface area contributed by atoms with Crippen LogP contribution in [0.5, 0.6) is 0 Å². The van der Waals surface area contributed by atoms with Crippen LogP contribution in [-0.2, 0) is 6.42 Å². The quantitative estimate of drug-likeness (QED) is 0.520. The minimum Gasteiger partial charge on any atom is -0.421 e. The van der Waals surface area contributed by atoms with Crippen LogP contribution in [0.1, 0.15) is 63.9 Å². The van der Waals surface area contributed by atoms with Crippen molar-refractivity contribution in [2.24, 2.45) is 0 Å². The molecule has 0 aliphatic rings. The number of nitrogens with two attached hydrogens (primary N) is 1. The average Bonchev–Trinajstić information content (AvgIpc) is 2.51. The highest BCUT2D eigenvalue weighted by molar-refractivity contribution is 5.79. The van der Waals surface area contributed by atoms with Crippen LogP contribution in [-0.4, -0.2) is 0 Å². The molecule has 120 valence electrons. The monoisotopic (exact) mass is 301 g/mol. The number of hydrogen-bond acceptors (Lipinski definition) is 3. The Balaban J connectivity index is 1.77. The van der Waals surface area contributed by atoms with E-state index in [0.717, 1.165) is 11.8 Å². The molecule has 0 aliphatic heterocycles. The molecule has 0 saturated carbocycles. The minimum absolute atomic E-state index is 0.178. The van der Waals surface area contributed by atoms with Crippen molar-refractivity contribution in [1.29, 1.82) is 0 Å². The van der Waals surface area contributed by atoms with Crippen LogP contribution in [0.15, 0.2) is 33.5 Å². The van der Waals surface area contributed by atoms with Crippen LogP contribution < -0.4 is 11.4 Å². The summed E-state index contributed by atoms with van der Waals surface area (Å²) < 4.78 is 5.16. The molecule has 0 saturated heterocycles. The summed E-state index contributed by atoms with van der Waals surface area (Å²) in [7, 11) is 0. The van der Waals surface area contributed by atoms with Crippen molar-refractivity contribution in [3.05, 3.63) is 40.2 Å². The third kappa shape index (κ3) is 4.90. The van der Waals surface area contributed by atoms with Crippen molar-refractivity contribution < 1.29 is 4.42 Å². The van der Waals surface area contributed by atoms with Crippen molar-refractivity contribution in [2.75, 3.05) is 5.73 Å². The molecule has 2 N–H and O–H groups in total. The molecule has 0 amide bonds. The van der Waals surface area contributed by atoms with Gasteiger partial charge in [-0.1, -0.05) is 57.9 Å². The molecule has 3 nitrogen and oxygen atoms in total. The van der Waals surface area contributed by atoms with Crippen molar-refractivity contribution in [3.8, 4) is 0 Å². The first-order valence-corrected chi connectivity index (χ1v) is 8.53. The van der Waals surface area contributed by atoms with Crippen LogP contribution in [0.2, 0.25) is 0 Å². The molecule has 0 fully saturated rings. The number of benzene rings is 1. The zero-order chi connectivity index (χ0) is 15.8. The van der Waals surface area contributed by atoms with Crippen LogP contribution >= 0.6 is 0 Å². The lowest BCUT2D eigenvalue weighted by Gasteiger charge is -2.04. The Morgan fingerprint density at radius 3 is 2.36 bits per heavy atom. The smallest absolute Gasteiger partial charge is 0.359 e. The SMILES string of the molecule is CCCCCCCCCCc1ccc2oc(=O)c(N)cc2c1. The van der Waals surface area contributed by atoms with Gasteiger partial charge in [0, 0.05) is 5.39 Å². The highest BCUT2D eigenvalue weighted by Crippen LogP contribution is 2.18. The van der Waals surface area contributed by atoms with Gasteiger partial charge in [-0.25, -0.2) is 4.79 Å². The fourth-order valence-corrected chi connectivity index (χ4v) is 2.81. The van der Waals surface area contributed by atoms with Crippen LogP contribution in [0.25, 0.3) is 11.0 Å². The molecule has 2 aromatic rings. The van der Waals surface area contributed by atoms with E-state index in [1.165, 1.54) is 56.9 Å². The molecule has 3 heteroatoms. The molecular formula is C19H27NO2. The second kappa shape index (κ2) is 8.62. The Kier molecular flexibility index (Phi) is 6.50. The fraction of sp³-hybridized carbons (Fsp3) is 0.526. The van der Waals surface area contributed by atoms with Gasteiger partial charge in [-0.3, -0.25) is 0 Å². The molecule has 0 radical (unpaired) electrons. The Labute approximate surface area is 132 Å². The summed E-state index contributed by atoms with van der Waals surface area (Å²) in [5, 5.41) is 0.911. The van der Waals surface area contributed by atoms with Crippen molar-refractivity contribution >= 4 is 16.7 Å². The van der Waals surface area contributed by atoms with E-state index in [1.54, 1.807) is 6.07 Å². The molecular weight excluding hydrogens is 274 g/mol. The van der Waals surface area contributed by atoms with E-state index in [-0.39, 0.29) is 5.69 Å². The van der Waals surface area contributed by atoms with E-state index >= 15 is 0 Å². The predicted molar refractivity (Wildman–Crippen MR) is 93.2 cm³/mol. The van der Waals surface area contributed by atoms with Crippen molar-refractivity contribution in [1.82, 2.24) is 0 Å². The van der Waals surface area contributed by atoms with Gasteiger partial charge < -0.3 is 10.2 Å². The summed E-state index contributed by atoms with van der Waals surface area (Å²) in [5.41, 5.74) is 7.24. The van der Waals surface area contributed by atoms with Gasteiger partial charge in [-0.05, 0) is 36.6 Å². The number of anilines is 1. The molecule has 2 rings (SSSR count). The van der Waals surface area contributed by atoms with Crippen LogP contribution in [0.4, 0.5) is 5.69 Å². The second-order valence-corrected chi connectivity index (χ2v) is 6.09. The summed E-state index contributed by atoms with van der Waals surface area (Å²) in [6.45, 7) is 2.25. The first-order chi connectivity index (χ1) is 10.7. The molecule has 0 bridgehead atoms. The number of nitrogen functional groups attached to an aromatic ring is 1. The summed E-state index contributed by atoms with van der Waals surface area (Å²) in [5.74, 6) is 0. The summed E-state index contributed by atoms with van der Waals surface area (Å²) >= 11 is 0. The summed E-state index contributed by atoms with van der Waals surface area (Å²) in [4.78, 5) is 11.4. The third-order valence-corrected chi connectivity index (χ3v) is 4.14. The molecule has 0 spiro atoms. The lowest BCUT2D eigenvalue weighted by atomic mass is 10.0. The lowest BCUT2D eigenvalue weighted by Crippen LogP contribution is -2.05. The van der Waals surface area contributed by atoms with E-state index in [4.69, 9.17) is 10.2 Å². The standard InChI is InChI=1S/C19H27NO2/c1-2-3-4-5-6-7-8-9-10-15-11-12-18-16(13-15)14-17(20)19(21)22-18/h11-14H,2-10,20H2,1H3. The number of hydrogen-bond donors (Lipinski definition) is 1. The second-order valence-electron chi connectivity index (χ2n) is 6.09. The van der Waals surface area contributed by atoms with Gasteiger partial charge >= 0.3 is 5.63 Å².